The molecule has 0 amide bonds. The Balaban J connectivity index is 2.07. The van der Waals surface area contributed by atoms with Gasteiger partial charge in [0.1, 0.15) is 0 Å². The van der Waals surface area contributed by atoms with Crippen LogP contribution in [0.25, 0.3) is 11.0 Å². The fraction of sp³-hybridized carbons (Fsp3) is 0.0625. The monoisotopic (exact) mass is 290 g/mol. The van der Waals surface area contributed by atoms with Crippen LogP contribution < -0.4 is 0 Å². The summed E-state index contributed by atoms with van der Waals surface area (Å²) in [5.41, 5.74) is 4.10. The molecule has 0 atom stereocenters. The summed E-state index contributed by atoms with van der Waals surface area (Å²) >= 11 is 5.35. The molecular weight excluding hydrogens is 280 g/mol. The van der Waals surface area contributed by atoms with Crippen molar-refractivity contribution in [1.29, 1.82) is 10.5 Å². The number of H-pyrrole nitrogens is 1. The molecule has 0 spiro atoms. The fourth-order valence-electron chi connectivity index (χ4n) is 2.25. The number of benzene rings is 2. The highest BCUT2D eigenvalue weighted by Gasteiger charge is 2.06. The number of hydrogen-bond acceptors (Lipinski definition) is 3. The van der Waals surface area contributed by atoms with E-state index < -0.39 is 0 Å². The summed E-state index contributed by atoms with van der Waals surface area (Å²) in [7, 11) is 0. The number of nitriles is 2. The van der Waals surface area contributed by atoms with Gasteiger partial charge in [-0.2, -0.15) is 10.5 Å². The van der Waals surface area contributed by atoms with Gasteiger partial charge in [-0.1, -0.05) is 12.1 Å². The highest BCUT2D eigenvalue weighted by molar-refractivity contribution is 7.71. The first-order valence-corrected chi connectivity index (χ1v) is 6.74. The molecule has 0 aliphatic carbocycles. The SMILES string of the molecule is N#Cc1ccc(Cn2c(=S)[nH]c3ccc(C#N)cc32)cc1. The van der Waals surface area contributed by atoms with Gasteiger partial charge in [0.15, 0.2) is 4.77 Å². The minimum atomic E-state index is 0.597. The lowest BCUT2D eigenvalue weighted by Crippen LogP contribution is -1.99. The van der Waals surface area contributed by atoms with Crippen molar-refractivity contribution in [2.24, 2.45) is 0 Å². The molecule has 3 rings (SSSR count). The molecule has 0 saturated heterocycles. The quantitative estimate of drug-likeness (QED) is 0.734. The van der Waals surface area contributed by atoms with Crippen molar-refractivity contribution in [1.82, 2.24) is 9.55 Å². The molecular formula is C16H10N4S. The molecule has 21 heavy (non-hydrogen) atoms. The molecule has 0 aliphatic heterocycles. The van der Waals surface area contributed by atoms with Gasteiger partial charge in [0.05, 0.1) is 40.8 Å². The average molecular weight is 290 g/mol. The molecule has 1 heterocycles. The van der Waals surface area contributed by atoms with E-state index in [2.05, 4.69) is 17.1 Å². The Kier molecular flexibility index (Phi) is 3.27. The van der Waals surface area contributed by atoms with Crippen LogP contribution in [0, 0.1) is 27.4 Å². The van der Waals surface area contributed by atoms with Crippen LogP contribution in [0.5, 0.6) is 0 Å². The first-order valence-electron chi connectivity index (χ1n) is 6.33. The number of nitrogens with zero attached hydrogens (tertiary/aromatic N) is 3. The maximum absolute atomic E-state index is 9.02. The van der Waals surface area contributed by atoms with Crippen LogP contribution in [-0.2, 0) is 6.54 Å². The summed E-state index contributed by atoms with van der Waals surface area (Å²) in [4.78, 5) is 3.14. The van der Waals surface area contributed by atoms with Gasteiger partial charge in [-0.15, -0.1) is 0 Å². The summed E-state index contributed by atoms with van der Waals surface area (Å²) in [5.74, 6) is 0. The maximum atomic E-state index is 9.02. The predicted molar refractivity (Wildman–Crippen MR) is 82.1 cm³/mol. The first kappa shape index (κ1) is 13.1. The van der Waals surface area contributed by atoms with Crippen molar-refractivity contribution in [3.8, 4) is 12.1 Å². The number of imidazole rings is 1. The molecule has 2 aromatic carbocycles. The molecule has 5 heteroatoms. The molecule has 1 N–H and O–H groups in total. The van der Waals surface area contributed by atoms with Crippen LogP contribution in [0.1, 0.15) is 16.7 Å². The molecule has 1 aromatic heterocycles. The predicted octanol–water partition coefficient (Wildman–Crippen LogP) is 3.49. The number of hydrogen-bond donors (Lipinski definition) is 1. The largest absolute Gasteiger partial charge is 0.331 e. The number of fused-ring (bicyclic) bond motifs is 1. The lowest BCUT2D eigenvalue weighted by molar-refractivity contribution is 0.810. The zero-order chi connectivity index (χ0) is 14.8. The van der Waals surface area contributed by atoms with E-state index in [1.54, 1.807) is 18.2 Å². The third-order valence-electron chi connectivity index (χ3n) is 3.33. The van der Waals surface area contributed by atoms with Crippen LogP contribution in [0.3, 0.4) is 0 Å². The van der Waals surface area contributed by atoms with Gasteiger partial charge in [0.2, 0.25) is 0 Å². The molecule has 0 aliphatic rings. The van der Waals surface area contributed by atoms with Crippen molar-refractivity contribution >= 4 is 23.3 Å². The van der Waals surface area contributed by atoms with Gasteiger partial charge >= 0.3 is 0 Å². The standard InChI is InChI=1S/C16H10N4S/c17-8-11-1-3-12(4-2-11)10-20-15-7-13(9-18)5-6-14(15)19-16(20)21/h1-7H,10H2,(H,19,21). The fourth-order valence-corrected chi connectivity index (χ4v) is 2.52. The first-order chi connectivity index (χ1) is 10.2. The second-order valence-electron chi connectivity index (χ2n) is 4.67. The van der Waals surface area contributed by atoms with Gasteiger partial charge < -0.3 is 9.55 Å². The Morgan fingerprint density at radius 3 is 2.33 bits per heavy atom. The highest BCUT2D eigenvalue weighted by atomic mass is 32.1. The third-order valence-corrected chi connectivity index (χ3v) is 3.65. The lowest BCUT2D eigenvalue weighted by atomic mass is 10.1. The zero-order valence-corrected chi connectivity index (χ0v) is 11.8. The van der Waals surface area contributed by atoms with E-state index in [0.29, 0.717) is 22.4 Å². The van der Waals surface area contributed by atoms with Gasteiger partial charge in [-0.25, -0.2) is 0 Å². The molecule has 0 fully saturated rings. The van der Waals surface area contributed by atoms with E-state index in [0.717, 1.165) is 16.6 Å². The Hall–Kier alpha value is -2.89. The van der Waals surface area contributed by atoms with Crippen LogP contribution in [0.2, 0.25) is 0 Å². The minimum Gasteiger partial charge on any atom is -0.331 e. The zero-order valence-electron chi connectivity index (χ0n) is 11.0. The molecule has 3 aromatic rings. The van der Waals surface area contributed by atoms with Crippen LogP contribution in [0.4, 0.5) is 0 Å². The topological polar surface area (TPSA) is 68.3 Å². The number of rotatable bonds is 2. The van der Waals surface area contributed by atoms with Gasteiger partial charge in [0, 0.05) is 0 Å². The normalized spacial score (nSPS) is 10.2. The smallest absolute Gasteiger partial charge is 0.178 e. The van der Waals surface area contributed by atoms with Crippen molar-refractivity contribution in [3.63, 3.8) is 0 Å². The van der Waals surface area contributed by atoms with Gasteiger partial charge in [-0.3, -0.25) is 0 Å². The van der Waals surface area contributed by atoms with Crippen LogP contribution in [-0.4, -0.2) is 9.55 Å². The summed E-state index contributed by atoms with van der Waals surface area (Å²) < 4.78 is 2.57. The lowest BCUT2D eigenvalue weighted by Gasteiger charge is -2.05. The van der Waals surface area contributed by atoms with Crippen molar-refractivity contribution in [2.75, 3.05) is 0 Å². The van der Waals surface area contributed by atoms with Gasteiger partial charge in [0.25, 0.3) is 0 Å². The number of aromatic nitrogens is 2. The Morgan fingerprint density at radius 1 is 1.00 bits per heavy atom. The molecule has 4 nitrogen and oxygen atoms in total. The molecule has 0 bridgehead atoms. The van der Waals surface area contributed by atoms with Crippen LogP contribution in [0.15, 0.2) is 42.5 Å². The summed E-state index contributed by atoms with van der Waals surface area (Å²) in [6.07, 6.45) is 0. The van der Waals surface area contributed by atoms with E-state index in [4.69, 9.17) is 22.7 Å². The Labute approximate surface area is 126 Å². The third kappa shape index (κ3) is 2.43. The maximum Gasteiger partial charge on any atom is 0.178 e. The van der Waals surface area contributed by atoms with E-state index in [9.17, 15) is 0 Å². The average Bonchev–Trinajstić information content (AvgIpc) is 2.83. The summed E-state index contributed by atoms with van der Waals surface area (Å²) in [5, 5.41) is 17.8. The van der Waals surface area contributed by atoms with Gasteiger partial charge in [-0.05, 0) is 48.1 Å². The number of nitrogens with one attached hydrogen (secondary N) is 1. The molecule has 0 unspecified atom stereocenters. The summed E-state index contributed by atoms with van der Waals surface area (Å²) in [6, 6.07) is 17.1. The molecule has 0 saturated carbocycles. The van der Waals surface area contributed by atoms with E-state index in [-0.39, 0.29) is 0 Å². The van der Waals surface area contributed by atoms with E-state index in [1.165, 1.54) is 0 Å². The highest BCUT2D eigenvalue weighted by Crippen LogP contribution is 2.18. The Morgan fingerprint density at radius 2 is 1.67 bits per heavy atom. The number of aromatic amines is 1. The van der Waals surface area contributed by atoms with Crippen LogP contribution >= 0.6 is 12.2 Å². The Bertz CT molecular complexity index is 949. The van der Waals surface area contributed by atoms with E-state index >= 15 is 0 Å². The second kappa shape index (κ2) is 5.24. The summed E-state index contributed by atoms with van der Waals surface area (Å²) in [6.45, 7) is 0.597. The van der Waals surface area contributed by atoms with E-state index in [1.807, 2.05) is 28.8 Å². The molecule has 100 valence electrons. The van der Waals surface area contributed by atoms with Crippen molar-refractivity contribution in [3.05, 3.63) is 63.9 Å². The van der Waals surface area contributed by atoms with Crippen molar-refractivity contribution in [2.45, 2.75) is 6.54 Å². The van der Waals surface area contributed by atoms with Crippen molar-refractivity contribution < 1.29 is 0 Å². The minimum absolute atomic E-state index is 0.597. The molecule has 0 radical (unpaired) electrons. The second-order valence-corrected chi connectivity index (χ2v) is 5.06.